The molecule has 0 N–H and O–H groups in total. The van der Waals surface area contributed by atoms with E-state index in [0.29, 0.717) is 31.0 Å². The Morgan fingerprint density at radius 3 is 2.30 bits per heavy atom. The van der Waals surface area contributed by atoms with E-state index < -0.39 is 18.2 Å². The maximum absolute atomic E-state index is 12.2. The van der Waals surface area contributed by atoms with Gasteiger partial charge in [-0.15, -0.1) is 0 Å². The average Bonchev–Trinajstić information content (AvgIpc) is 2.59. The van der Waals surface area contributed by atoms with Crippen LogP contribution in [0.2, 0.25) is 18.1 Å². The van der Waals surface area contributed by atoms with Crippen molar-refractivity contribution in [3.05, 3.63) is 30.3 Å². The second kappa shape index (κ2) is 10.7. The van der Waals surface area contributed by atoms with Gasteiger partial charge in [0.25, 0.3) is 0 Å². The predicted octanol–water partition coefficient (Wildman–Crippen LogP) is 4.64. The van der Waals surface area contributed by atoms with Crippen LogP contribution in [-0.4, -0.2) is 48.6 Å². The molecule has 0 aliphatic carbocycles. The fraction of sp³-hybridized carbons (Fsp3) is 0.700. The highest BCUT2D eigenvalue weighted by molar-refractivity contribution is 7.91. The van der Waals surface area contributed by atoms with Crippen molar-refractivity contribution in [1.82, 2.24) is 0 Å². The van der Waals surface area contributed by atoms with Gasteiger partial charge in [0.05, 0.1) is 23.4 Å². The second-order valence-electron chi connectivity index (χ2n) is 8.41. The Bertz CT molecular complexity index is 638. The van der Waals surface area contributed by atoms with Gasteiger partial charge in [-0.3, -0.25) is 0 Å². The third-order valence-corrected chi connectivity index (χ3v) is 11.3. The molecular weight excluding hydrogens is 380 g/mol. The van der Waals surface area contributed by atoms with Crippen LogP contribution >= 0.6 is 0 Å². The molecule has 0 spiro atoms. The van der Waals surface area contributed by atoms with E-state index in [2.05, 4.69) is 33.9 Å². The van der Waals surface area contributed by atoms with Crippen LogP contribution in [0.15, 0.2) is 35.2 Å². The van der Waals surface area contributed by atoms with E-state index >= 15 is 0 Å². The second-order valence-corrected chi connectivity index (χ2v) is 15.3. The normalized spacial score (nSPS) is 14.3. The number of hydrogen-bond acceptors (Lipinski definition) is 5. The number of hydrogen-bond donors (Lipinski definition) is 0. The molecule has 27 heavy (non-hydrogen) atoms. The van der Waals surface area contributed by atoms with Crippen molar-refractivity contribution in [3.63, 3.8) is 0 Å². The van der Waals surface area contributed by atoms with Gasteiger partial charge < -0.3 is 13.9 Å². The zero-order valence-corrected chi connectivity index (χ0v) is 19.5. The standard InChI is InChI=1S/C20H36O5SSi/c1-18(16-25-27(5,6)20(2,3)4)24-17-23-14-10-11-15-26(21,22)19-12-8-7-9-13-19/h7-9,12-13,18H,10-11,14-17H2,1-6H3/t18-/m1/s1. The zero-order chi connectivity index (χ0) is 20.6. The van der Waals surface area contributed by atoms with Crippen molar-refractivity contribution in [2.75, 3.05) is 25.8 Å². The maximum atomic E-state index is 12.2. The summed E-state index contributed by atoms with van der Waals surface area (Å²) >= 11 is 0. The van der Waals surface area contributed by atoms with Gasteiger partial charge in [0.15, 0.2) is 18.2 Å². The van der Waals surface area contributed by atoms with Crippen LogP contribution in [0.4, 0.5) is 0 Å². The average molecular weight is 417 g/mol. The van der Waals surface area contributed by atoms with Crippen LogP contribution in [0.25, 0.3) is 0 Å². The van der Waals surface area contributed by atoms with Gasteiger partial charge in [-0.25, -0.2) is 8.42 Å². The number of sulfone groups is 1. The molecule has 0 saturated carbocycles. The Morgan fingerprint density at radius 2 is 1.70 bits per heavy atom. The van der Waals surface area contributed by atoms with Gasteiger partial charge >= 0.3 is 0 Å². The van der Waals surface area contributed by atoms with Crippen LogP contribution in [-0.2, 0) is 23.7 Å². The van der Waals surface area contributed by atoms with Gasteiger partial charge in [0, 0.05) is 6.61 Å². The minimum absolute atomic E-state index is 0.0300. The molecule has 0 unspecified atom stereocenters. The van der Waals surface area contributed by atoms with Gasteiger partial charge in [-0.1, -0.05) is 39.0 Å². The molecular formula is C20H36O5SSi. The lowest BCUT2D eigenvalue weighted by molar-refractivity contribution is -0.0949. The van der Waals surface area contributed by atoms with Crippen molar-refractivity contribution in [2.45, 2.75) is 69.7 Å². The summed E-state index contributed by atoms with van der Waals surface area (Å²) in [6.45, 7) is 14.3. The lowest BCUT2D eigenvalue weighted by Crippen LogP contribution is -2.42. The van der Waals surface area contributed by atoms with Crippen LogP contribution in [0, 0.1) is 0 Å². The van der Waals surface area contributed by atoms with E-state index in [1.54, 1.807) is 24.3 Å². The molecule has 0 bridgehead atoms. The van der Waals surface area contributed by atoms with E-state index in [4.69, 9.17) is 13.9 Å². The lowest BCUT2D eigenvalue weighted by atomic mass is 10.2. The summed E-state index contributed by atoms with van der Waals surface area (Å²) in [6, 6.07) is 8.55. The first-order chi connectivity index (χ1) is 12.5. The molecule has 0 amide bonds. The summed E-state index contributed by atoms with van der Waals surface area (Å²) in [5, 5.41) is 0.184. The third-order valence-electron chi connectivity index (χ3n) is 4.98. The molecule has 7 heteroatoms. The molecule has 0 aliphatic rings. The first-order valence-electron chi connectivity index (χ1n) is 9.57. The molecule has 0 fully saturated rings. The van der Waals surface area contributed by atoms with Crippen LogP contribution in [0.3, 0.4) is 0 Å². The fourth-order valence-electron chi connectivity index (χ4n) is 2.06. The molecule has 1 rings (SSSR count). The number of unbranched alkanes of at least 4 members (excludes halogenated alkanes) is 1. The summed E-state index contributed by atoms with van der Waals surface area (Å²) in [5.41, 5.74) is 0. The van der Waals surface area contributed by atoms with Crippen molar-refractivity contribution < 1.29 is 22.3 Å². The number of ether oxygens (including phenoxy) is 2. The van der Waals surface area contributed by atoms with Gasteiger partial charge in [0.1, 0.15) is 6.79 Å². The van der Waals surface area contributed by atoms with Gasteiger partial charge in [-0.2, -0.15) is 0 Å². The van der Waals surface area contributed by atoms with Crippen LogP contribution in [0.1, 0.15) is 40.5 Å². The zero-order valence-electron chi connectivity index (χ0n) is 17.7. The molecule has 0 aromatic heterocycles. The molecule has 0 radical (unpaired) electrons. The highest BCUT2D eigenvalue weighted by atomic mass is 32.2. The number of benzene rings is 1. The topological polar surface area (TPSA) is 61.8 Å². The van der Waals surface area contributed by atoms with Gasteiger partial charge in [-0.05, 0) is 50.0 Å². The van der Waals surface area contributed by atoms with Crippen LogP contribution < -0.4 is 0 Å². The van der Waals surface area contributed by atoms with Crippen molar-refractivity contribution in [3.8, 4) is 0 Å². The molecule has 1 aromatic rings. The highest BCUT2D eigenvalue weighted by Gasteiger charge is 2.37. The van der Waals surface area contributed by atoms with Crippen LogP contribution in [0.5, 0.6) is 0 Å². The van der Waals surface area contributed by atoms with Crippen molar-refractivity contribution >= 4 is 18.2 Å². The Kier molecular flexibility index (Phi) is 9.64. The third kappa shape index (κ3) is 8.87. The quantitative estimate of drug-likeness (QED) is 0.282. The highest BCUT2D eigenvalue weighted by Crippen LogP contribution is 2.36. The molecule has 5 nitrogen and oxygen atoms in total. The molecule has 0 aliphatic heterocycles. The van der Waals surface area contributed by atoms with E-state index in [9.17, 15) is 8.42 Å². The van der Waals surface area contributed by atoms with E-state index in [-0.39, 0.29) is 23.7 Å². The molecule has 1 atom stereocenters. The Balaban J connectivity index is 2.14. The summed E-state index contributed by atoms with van der Waals surface area (Å²) in [5.74, 6) is 0.137. The Labute approximate surface area is 166 Å². The first kappa shape index (κ1) is 24.3. The van der Waals surface area contributed by atoms with E-state index in [1.165, 1.54) is 0 Å². The molecule has 0 saturated heterocycles. The minimum Gasteiger partial charge on any atom is -0.414 e. The molecule has 0 heterocycles. The lowest BCUT2D eigenvalue weighted by Gasteiger charge is -2.36. The predicted molar refractivity (Wildman–Crippen MR) is 112 cm³/mol. The largest absolute Gasteiger partial charge is 0.414 e. The first-order valence-corrected chi connectivity index (χ1v) is 14.1. The Hall–Kier alpha value is -0.733. The van der Waals surface area contributed by atoms with Gasteiger partial charge in [0.2, 0.25) is 0 Å². The molecule has 1 aromatic carbocycles. The van der Waals surface area contributed by atoms with Crippen molar-refractivity contribution in [2.24, 2.45) is 0 Å². The smallest absolute Gasteiger partial charge is 0.192 e. The summed E-state index contributed by atoms with van der Waals surface area (Å²) in [6.07, 6.45) is 1.23. The minimum atomic E-state index is -3.20. The van der Waals surface area contributed by atoms with E-state index in [1.807, 2.05) is 13.0 Å². The van der Waals surface area contributed by atoms with Crippen molar-refractivity contribution in [1.29, 1.82) is 0 Å². The molecule has 156 valence electrons. The van der Waals surface area contributed by atoms with E-state index in [0.717, 1.165) is 0 Å². The number of rotatable bonds is 12. The summed E-state index contributed by atoms with van der Waals surface area (Å²) in [7, 11) is -4.96. The monoisotopic (exact) mass is 416 g/mol. The SMILES string of the molecule is C[C@H](CO[Si](C)(C)C(C)(C)C)OCOCCCCS(=O)(=O)c1ccccc1. The summed E-state index contributed by atoms with van der Waals surface area (Å²) in [4.78, 5) is 0.379. The summed E-state index contributed by atoms with van der Waals surface area (Å²) < 4.78 is 41.5. The fourth-order valence-corrected chi connectivity index (χ4v) is 4.53. The Morgan fingerprint density at radius 1 is 1.07 bits per heavy atom. The maximum Gasteiger partial charge on any atom is 0.192 e.